The number of hydrogen-bond acceptors (Lipinski definition) is 11. The Morgan fingerprint density at radius 1 is 0.453 bits per heavy atom. The van der Waals surface area contributed by atoms with Crippen LogP contribution in [0.2, 0.25) is 0 Å². The lowest BCUT2D eigenvalue weighted by molar-refractivity contribution is -0.301. The van der Waals surface area contributed by atoms with Gasteiger partial charge in [-0.1, -0.05) is 189 Å². The van der Waals surface area contributed by atoms with E-state index in [2.05, 4.69) is 118 Å². The van der Waals surface area contributed by atoms with E-state index in [0.717, 1.165) is 135 Å². The molecule has 3 N–H and O–H groups in total. The number of ether oxygens (including phenoxy) is 5. The van der Waals surface area contributed by atoms with Crippen molar-refractivity contribution in [2.45, 2.75) is 263 Å². The highest BCUT2D eigenvalue weighted by Crippen LogP contribution is 2.26. The van der Waals surface area contributed by atoms with Crippen LogP contribution in [0.3, 0.4) is 0 Å². The van der Waals surface area contributed by atoms with Gasteiger partial charge in [-0.3, -0.25) is 14.4 Å². The lowest BCUT2D eigenvalue weighted by Gasteiger charge is -2.40. The van der Waals surface area contributed by atoms with Crippen LogP contribution < -0.4 is 0 Å². The van der Waals surface area contributed by atoms with Crippen LogP contribution in [-0.4, -0.2) is 89.2 Å². The van der Waals surface area contributed by atoms with E-state index in [1.165, 1.54) is 32.1 Å². The first-order chi connectivity index (χ1) is 36.6. The molecule has 75 heavy (non-hydrogen) atoms. The van der Waals surface area contributed by atoms with Crippen molar-refractivity contribution in [1.82, 2.24) is 0 Å². The molecule has 0 aromatic carbocycles. The van der Waals surface area contributed by atoms with Gasteiger partial charge in [-0.05, 0) is 116 Å². The average molecular weight is 1050 g/mol. The van der Waals surface area contributed by atoms with Gasteiger partial charge in [0.1, 0.15) is 18.8 Å². The first-order valence-electron chi connectivity index (χ1n) is 29.2. The molecule has 12 nitrogen and oxygen atoms in total. The number of unbranched alkanes of at least 4 members (excludes halogenated alkanes) is 18. The number of carboxylic acid groups (broad SMARTS) is 1. The highest BCUT2D eigenvalue weighted by atomic mass is 16.7. The number of aliphatic hydroxyl groups is 2. The van der Waals surface area contributed by atoms with Crippen LogP contribution in [0.15, 0.2) is 97.2 Å². The molecule has 1 fully saturated rings. The molecule has 6 unspecified atom stereocenters. The zero-order valence-corrected chi connectivity index (χ0v) is 46.8. The standard InChI is InChI=1S/C63H102O12/c1-4-7-10-13-16-19-22-24-26-27-28-29-31-32-35-37-40-43-46-49-55(64)71-52-54(73-56(65)50-47-44-41-39-36-33-30-25-23-20-17-14-11-8-5-2)53-72-63-61(59(68)58(67)60(75-63)62(69)70)74-57(66)51-48-45-42-38-34-21-18-15-12-9-6-3/h7,10,15-20,24-26,28-30,32,35,54,58-61,63,67-68H,4-6,8-9,11-14,21-23,27,31,33-34,36-53H2,1-3H3,(H,69,70)/b10-7-,18-15-,19-16-,20-17-,26-24-,29-28-,30-25-,35-32-. The Morgan fingerprint density at radius 2 is 0.853 bits per heavy atom. The van der Waals surface area contributed by atoms with Gasteiger partial charge in [0.15, 0.2) is 24.6 Å². The summed E-state index contributed by atoms with van der Waals surface area (Å²) >= 11 is 0. The van der Waals surface area contributed by atoms with E-state index >= 15 is 0 Å². The molecule has 0 aliphatic carbocycles. The normalized spacial score (nSPS) is 18.9. The fraction of sp³-hybridized carbons (Fsp3) is 0.683. The van der Waals surface area contributed by atoms with Crippen molar-refractivity contribution >= 4 is 23.9 Å². The van der Waals surface area contributed by atoms with Gasteiger partial charge in [-0.25, -0.2) is 4.79 Å². The van der Waals surface area contributed by atoms with E-state index in [4.69, 9.17) is 23.7 Å². The Morgan fingerprint density at radius 3 is 1.35 bits per heavy atom. The lowest BCUT2D eigenvalue weighted by atomic mass is 9.98. The maximum absolute atomic E-state index is 13.1. The predicted octanol–water partition coefficient (Wildman–Crippen LogP) is 14.9. The zero-order chi connectivity index (χ0) is 54.7. The molecule has 1 aliphatic heterocycles. The van der Waals surface area contributed by atoms with Gasteiger partial charge in [-0.2, -0.15) is 0 Å². The Labute approximate surface area is 453 Å². The van der Waals surface area contributed by atoms with Crippen molar-refractivity contribution in [2.24, 2.45) is 0 Å². The van der Waals surface area contributed by atoms with Crippen LogP contribution in [0, 0.1) is 0 Å². The molecule has 0 amide bonds. The minimum absolute atomic E-state index is 0.0407. The molecule has 0 aromatic rings. The molecule has 1 rings (SSSR count). The lowest BCUT2D eigenvalue weighted by Crippen LogP contribution is -2.61. The molecule has 6 atom stereocenters. The van der Waals surface area contributed by atoms with Gasteiger partial charge in [0, 0.05) is 19.3 Å². The molecular weight excluding hydrogens is 949 g/mol. The minimum atomic E-state index is -1.92. The van der Waals surface area contributed by atoms with Gasteiger partial charge in [0.25, 0.3) is 0 Å². The molecule has 426 valence electrons. The fourth-order valence-corrected chi connectivity index (χ4v) is 8.11. The molecule has 0 spiro atoms. The minimum Gasteiger partial charge on any atom is -0.479 e. The molecule has 0 radical (unpaired) electrons. The topological polar surface area (TPSA) is 175 Å². The van der Waals surface area contributed by atoms with Crippen LogP contribution in [0.5, 0.6) is 0 Å². The summed E-state index contributed by atoms with van der Waals surface area (Å²) in [5.74, 6) is -3.20. The van der Waals surface area contributed by atoms with Gasteiger partial charge < -0.3 is 39.0 Å². The van der Waals surface area contributed by atoms with Crippen molar-refractivity contribution in [3.63, 3.8) is 0 Å². The van der Waals surface area contributed by atoms with Crippen molar-refractivity contribution in [3.8, 4) is 0 Å². The molecule has 1 aliphatic rings. The van der Waals surface area contributed by atoms with Crippen LogP contribution in [-0.2, 0) is 42.9 Å². The highest BCUT2D eigenvalue weighted by molar-refractivity contribution is 5.74. The number of allylic oxidation sites excluding steroid dienone is 16. The van der Waals surface area contributed by atoms with E-state index < -0.39 is 67.3 Å². The third kappa shape index (κ3) is 40.6. The summed E-state index contributed by atoms with van der Waals surface area (Å²) in [6.45, 7) is 5.75. The maximum Gasteiger partial charge on any atom is 0.335 e. The van der Waals surface area contributed by atoms with Crippen LogP contribution in [0.4, 0.5) is 0 Å². The van der Waals surface area contributed by atoms with Gasteiger partial charge in [0.2, 0.25) is 0 Å². The first kappa shape index (κ1) is 68.7. The summed E-state index contributed by atoms with van der Waals surface area (Å²) in [4.78, 5) is 51.1. The Bertz CT molecular complexity index is 1670. The smallest absolute Gasteiger partial charge is 0.335 e. The van der Waals surface area contributed by atoms with Gasteiger partial charge in [-0.15, -0.1) is 0 Å². The third-order valence-corrected chi connectivity index (χ3v) is 12.6. The number of aliphatic carboxylic acids is 1. The van der Waals surface area contributed by atoms with Crippen LogP contribution >= 0.6 is 0 Å². The maximum atomic E-state index is 13.1. The molecule has 0 saturated carbocycles. The third-order valence-electron chi connectivity index (χ3n) is 12.6. The van der Waals surface area contributed by atoms with Crippen LogP contribution in [0.1, 0.15) is 226 Å². The van der Waals surface area contributed by atoms with Gasteiger partial charge >= 0.3 is 23.9 Å². The first-order valence-corrected chi connectivity index (χ1v) is 29.2. The predicted molar refractivity (Wildman–Crippen MR) is 303 cm³/mol. The second kappa shape index (κ2) is 50.5. The van der Waals surface area contributed by atoms with E-state index in [0.29, 0.717) is 19.3 Å². The summed E-state index contributed by atoms with van der Waals surface area (Å²) in [5, 5.41) is 31.4. The average Bonchev–Trinajstić information content (AvgIpc) is 3.39. The summed E-state index contributed by atoms with van der Waals surface area (Å²) in [7, 11) is 0. The number of rotatable bonds is 48. The molecule has 1 heterocycles. The summed E-state index contributed by atoms with van der Waals surface area (Å²) in [6.07, 6.45) is 53.8. The fourth-order valence-electron chi connectivity index (χ4n) is 8.11. The second-order valence-corrected chi connectivity index (χ2v) is 19.5. The number of aliphatic hydroxyl groups excluding tert-OH is 2. The van der Waals surface area contributed by atoms with Crippen molar-refractivity contribution in [2.75, 3.05) is 13.2 Å². The summed E-state index contributed by atoms with van der Waals surface area (Å²) < 4.78 is 28.3. The number of hydrogen-bond donors (Lipinski definition) is 3. The molecule has 1 saturated heterocycles. The van der Waals surface area contributed by atoms with Crippen LogP contribution in [0.25, 0.3) is 0 Å². The number of esters is 3. The number of carbonyl (C=O) groups excluding carboxylic acids is 3. The van der Waals surface area contributed by atoms with E-state index in [1.54, 1.807) is 0 Å². The van der Waals surface area contributed by atoms with Crippen molar-refractivity contribution in [3.05, 3.63) is 97.2 Å². The quantitative estimate of drug-likeness (QED) is 0.0228. The van der Waals surface area contributed by atoms with Crippen molar-refractivity contribution < 1.29 is 58.2 Å². The summed E-state index contributed by atoms with van der Waals surface area (Å²) in [5.41, 5.74) is 0. The summed E-state index contributed by atoms with van der Waals surface area (Å²) in [6, 6.07) is 0. The molecule has 12 heteroatoms. The monoisotopic (exact) mass is 1050 g/mol. The zero-order valence-electron chi connectivity index (χ0n) is 46.8. The number of carbonyl (C=O) groups is 4. The van der Waals surface area contributed by atoms with Crippen molar-refractivity contribution in [1.29, 1.82) is 0 Å². The molecule has 0 aromatic heterocycles. The Hall–Kier alpha value is -4.36. The Kier molecular flexibility index (Phi) is 46.2. The largest absolute Gasteiger partial charge is 0.479 e. The second-order valence-electron chi connectivity index (χ2n) is 19.5. The highest BCUT2D eigenvalue weighted by Gasteiger charge is 2.50. The van der Waals surface area contributed by atoms with Gasteiger partial charge in [0.05, 0.1) is 6.61 Å². The molecule has 0 bridgehead atoms. The number of carboxylic acids is 1. The van der Waals surface area contributed by atoms with E-state index in [9.17, 15) is 34.5 Å². The van der Waals surface area contributed by atoms with E-state index in [1.807, 2.05) is 0 Å². The molecular formula is C63H102O12. The Balaban J connectivity index is 2.73. The SMILES string of the molecule is CC/C=C\C/C=C\C/C=C\C/C=C\C/C=C\CCCCCC(=O)OCC(COC1OC(C(=O)O)C(O)C(O)C1OC(=O)CCCCCCC/C=C\CCCC)OC(=O)CCCCCCC/C=C\C/C=C\CCCCC. The van der Waals surface area contributed by atoms with E-state index in [-0.39, 0.29) is 25.9 Å².